The maximum atomic E-state index is 12.0. The molecule has 0 amide bonds. The lowest BCUT2D eigenvalue weighted by atomic mass is 10.1. The average molecular weight is 270 g/mol. The number of fused-ring (bicyclic) bond motifs is 1. The van der Waals surface area contributed by atoms with Crippen LogP contribution in [0.25, 0.3) is 10.8 Å². The van der Waals surface area contributed by atoms with Crippen LogP contribution in [-0.4, -0.2) is 17.9 Å². The van der Waals surface area contributed by atoms with Crippen molar-refractivity contribution in [1.29, 1.82) is 0 Å². The minimum atomic E-state index is -4.17. The zero-order valence-corrected chi connectivity index (χ0v) is 10.1. The lowest BCUT2D eigenvalue weighted by molar-refractivity contribution is -0.136. The number of hydrogen-bond donors (Lipinski definition) is 1. The molecule has 2 nitrogen and oxygen atoms in total. The Morgan fingerprint density at radius 2 is 1.68 bits per heavy atom. The van der Waals surface area contributed by atoms with E-state index in [4.69, 9.17) is 4.74 Å². The van der Waals surface area contributed by atoms with Crippen molar-refractivity contribution in [3.63, 3.8) is 0 Å². The van der Waals surface area contributed by atoms with Crippen molar-refractivity contribution in [2.45, 2.75) is 19.0 Å². The molecule has 0 aromatic heterocycles. The van der Waals surface area contributed by atoms with E-state index in [2.05, 4.69) is 0 Å². The fourth-order valence-corrected chi connectivity index (χ4v) is 1.78. The molecular weight excluding hydrogens is 257 g/mol. The first kappa shape index (κ1) is 13.5. The maximum Gasteiger partial charge on any atom is 0.389 e. The van der Waals surface area contributed by atoms with Gasteiger partial charge in [0.05, 0.1) is 6.61 Å². The molecule has 5 heteroatoms. The number of halogens is 3. The molecule has 19 heavy (non-hydrogen) atoms. The number of benzene rings is 2. The van der Waals surface area contributed by atoms with E-state index in [-0.39, 0.29) is 24.5 Å². The van der Waals surface area contributed by atoms with Crippen LogP contribution in [0.2, 0.25) is 0 Å². The van der Waals surface area contributed by atoms with Gasteiger partial charge in [0, 0.05) is 6.42 Å². The van der Waals surface area contributed by atoms with Crippen molar-refractivity contribution >= 4 is 10.8 Å². The van der Waals surface area contributed by atoms with Gasteiger partial charge in [0.25, 0.3) is 0 Å². The van der Waals surface area contributed by atoms with E-state index < -0.39 is 12.6 Å². The first-order chi connectivity index (χ1) is 8.96. The number of alkyl halides is 3. The number of phenolic OH excluding ortho intramolecular Hbond substituents is 1. The summed E-state index contributed by atoms with van der Waals surface area (Å²) in [6.45, 7) is -0.0780. The molecule has 0 unspecified atom stereocenters. The smallest absolute Gasteiger partial charge is 0.389 e. The Morgan fingerprint density at radius 3 is 2.32 bits per heavy atom. The first-order valence-electron chi connectivity index (χ1n) is 5.87. The minimum absolute atomic E-state index is 0.0642. The van der Waals surface area contributed by atoms with Crippen molar-refractivity contribution in [2.24, 2.45) is 0 Å². The number of phenols is 1. The molecule has 0 saturated heterocycles. The summed E-state index contributed by atoms with van der Waals surface area (Å²) in [7, 11) is 0. The van der Waals surface area contributed by atoms with E-state index in [1.807, 2.05) is 24.3 Å². The Bertz CT molecular complexity index is 564. The van der Waals surface area contributed by atoms with Gasteiger partial charge in [0.1, 0.15) is 0 Å². The van der Waals surface area contributed by atoms with E-state index in [0.717, 1.165) is 10.8 Å². The van der Waals surface area contributed by atoms with Gasteiger partial charge < -0.3 is 9.84 Å². The third-order valence-corrected chi connectivity index (χ3v) is 2.69. The Hall–Kier alpha value is -1.91. The molecule has 0 radical (unpaired) electrons. The molecule has 0 spiro atoms. The highest BCUT2D eigenvalue weighted by Crippen LogP contribution is 2.31. The summed E-state index contributed by atoms with van der Waals surface area (Å²) in [4.78, 5) is 0. The SMILES string of the molecule is Oc1cc2ccccc2cc1OCCCC(F)(F)F. The fraction of sp³-hybridized carbons (Fsp3) is 0.286. The Labute approximate surface area is 108 Å². The lowest BCUT2D eigenvalue weighted by Gasteiger charge is -2.10. The Kier molecular flexibility index (Phi) is 3.83. The molecule has 0 heterocycles. The van der Waals surface area contributed by atoms with Crippen molar-refractivity contribution in [2.75, 3.05) is 6.61 Å². The predicted molar refractivity (Wildman–Crippen MR) is 66.4 cm³/mol. The highest BCUT2D eigenvalue weighted by molar-refractivity contribution is 5.85. The normalized spacial score (nSPS) is 11.7. The highest BCUT2D eigenvalue weighted by Gasteiger charge is 2.26. The van der Waals surface area contributed by atoms with Crippen LogP contribution in [0.3, 0.4) is 0 Å². The summed E-state index contributed by atoms with van der Waals surface area (Å²) in [5.74, 6) is 0.145. The van der Waals surface area contributed by atoms with Gasteiger partial charge in [-0.1, -0.05) is 24.3 Å². The first-order valence-corrected chi connectivity index (χ1v) is 5.87. The van der Waals surface area contributed by atoms with Gasteiger partial charge in [-0.2, -0.15) is 13.2 Å². The summed E-state index contributed by atoms with van der Waals surface area (Å²) in [6, 6.07) is 10.5. The summed E-state index contributed by atoms with van der Waals surface area (Å²) in [5.41, 5.74) is 0. The van der Waals surface area contributed by atoms with Gasteiger partial charge in [-0.15, -0.1) is 0 Å². The van der Waals surface area contributed by atoms with Crippen LogP contribution in [0, 0.1) is 0 Å². The molecule has 102 valence electrons. The van der Waals surface area contributed by atoms with Crippen LogP contribution in [0.15, 0.2) is 36.4 Å². The standard InChI is InChI=1S/C14H13F3O2/c15-14(16,17)6-3-7-19-13-9-11-5-2-1-4-10(11)8-12(13)18/h1-2,4-5,8-9,18H,3,6-7H2. The summed E-state index contributed by atoms with van der Waals surface area (Å²) < 4.78 is 41.1. The summed E-state index contributed by atoms with van der Waals surface area (Å²) in [5, 5.41) is 11.4. The fourth-order valence-electron chi connectivity index (χ4n) is 1.78. The van der Waals surface area contributed by atoms with Gasteiger partial charge >= 0.3 is 6.18 Å². The quantitative estimate of drug-likeness (QED) is 0.841. The van der Waals surface area contributed by atoms with E-state index in [9.17, 15) is 18.3 Å². The second-order valence-corrected chi connectivity index (χ2v) is 4.23. The second-order valence-electron chi connectivity index (χ2n) is 4.23. The van der Waals surface area contributed by atoms with Crippen LogP contribution in [-0.2, 0) is 0 Å². The van der Waals surface area contributed by atoms with E-state index in [0.29, 0.717) is 0 Å². The van der Waals surface area contributed by atoms with E-state index >= 15 is 0 Å². The van der Waals surface area contributed by atoms with Gasteiger partial charge in [-0.3, -0.25) is 0 Å². The van der Waals surface area contributed by atoms with Crippen LogP contribution in [0.1, 0.15) is 12.8 Å². The zero-order chi connectivity index (χ0) is 13.9. The van der Waals surface area contributed by atoms with Crippen molar-refractivity contribution in [1.82, 2.24) is 0 Å². The number of aromatic hydroxyl groups is 1. The molecule has 0 atom stereocenters. The molecule has 1 N–H and O–H groups in total. The number of rotatable bonds is 4. The molecule has 0 bridgehead atoms. The summed E-state index contributed by atoms with van der Waals surface area (Å²) in [6.07, 6.45) is -5.19. The molecule has 0 aliphatic heterocycles. The monoisotopic (exact) mass is 270 g/mol. The lowest BCUT2D eigenvalue weighted by Crippen LogP contribution is -2.09. The third-order valence-electron chi connectivity index (χ3n) is 2.69. The van der Waals surface area contributed by atoms with Crippen LogP contribution >= 0.6 is 0 Å². The molecule has 0 fully saturated rings. The maximum absolute atomic E-state index is 12.0. The number of hydrogen-bond acceptors (Lipinski definition) is 2. The van der Waals surface area contributed by atoms with Gasteiger partial charge in [0.15, 0.2) is 11.5 Å². The molecule has 0 aliphatic rings. The second kappa shape index (κ2) is 5.38. The van der Waals surface area contributed by atoms with E-state index in [1.165, 1.54) is 6.07 Å². The molecule has 2 aromatic rings. The average Bonchev–Trinajstić information content (AvgIpc) is 2.33. The summed E-state index contributed by atoms with van der Waals surface area (Å²) >= 11 is 0. The van der Waals surface area contributed by atoms with E-state index in [1.54, 1.807) is 6.07 Å². The largest absolute Gasteiger partial charge is 0.504 e. The highest BCUT2D eigenvalue weighted by atomic mass is 19.4. The zero-order valence-electron chi connectivity index (χ0n) is 10.1. The number of ether oxygens (including phenoxy) is 1. The minimum Gasteiger partial charge on any atom is -0.504 e. The van der Waals surface area contributed by atoms with Crippen LogP contribution in [0.5, 0.6) is 11.5 Å². The van der Waals surface area contributed by atoms with Crippen molar-refractivity contribution < 1.29 is 23.0 Å². The molecule has 0 aliphatic carbocycles. The van der Waals surface area contributed by atoms with Crippen LogP contribution in [0.4, 0.5) is 13.2 Å². The Morgan fingerprint density at radius 1 is 1.05 bits per heavy atom. The van der Waals surface area contributed by atoms with Gasteiger partial charge in [0.2, 0.25) is 0 Å². The van der Waals surface area contributed by atoms with Gasteiger partial charge in [-0.05, 0) is 29.3 Å². The molecule has 2 rings (SSSR count). The predicted octanol–water partition coefficient (Wildman–Crippen LogP) is 4.27. The molecule has 0 saturated carbocycles. The van der Waals surface area contributed by atoms with Gasteiger partial charge in [-0.25, -0.2) is 0 Å². The molecular formula is C14H13F3O2. The van der Waals surface area contributed by atoms with Crippen molar-refractivity contribution in [3.05, 3.63) is 36.4 Å². The topological polar surface area (TPSA) is 29.5 Å². The van der Waals surface area contributed by atoms with Crippen LogP contribution < -0.4 is 4.74 Å². The third kappa shape index (κ3) is 3.77. The Balaban J connectivity index is 2.02. The molecule has 2 aromatic carbocycles. The van der Waals surface area contributed by atoms with Crippen molar-refractivity contribution in [3.8, 4) is 11.5 Å².